The van der Waals surface area contributed by atoms with Crippen molar-refractivity contribution in [2.75, 3.05) is 11.5 Å². The predicted molar refractivity (Wildman–Crippen MR) is 118 cm³/mol. The number of hydrogen-bond donors (Lipinski definition) is 2. The molecule has 1 atom stereocenters. The molecule has 0 spiro atoms. The molecule has 2 aromatic heterocycles. The summed E-state index contributed by atoms with van der Waals surface area (Å²) in [6.07, 6.45) is 3.37. The van der Waals surface area contributed by atoms with Crippen LogP contribution >= 0.6 is 0 Å². The summed E-state index contributed by atoms with van der Waals surface area (Å²) in [5.41, 5.74) is 2.55. The lowest BCUT2D eigenvalue weighted by atomic mass is 9.94. The summed E-state index contributed by atoms with van der Waals surface area (Å²) in [4.78, 5) is 30.5. The van der Waals surface area contributed by atoms with Crippen LogP contribution in [-0.2, 0) is 9.59 Å². The van der Waals surface area contributed by atoms with Crippen molar-refractivity contribution >= 4 is 23.3 Å². The van der Waals surface area contributed by atoms with Crippen LogP contribution in [0, 0.1) is 20.8 Å². The average molecular weight is 433 g/mol. The lowest BCUT2D eigenvalue weighted by molar-refractivity contribution is -0.132. The van der Waals surface area contributed by atoms with E-state index in [0.29, 0.717) is 34.9 Å². The third-order valence-electron chi connectivity index (χ3n) is 5.38. The summed E-state index contributed by atoms with van der Waals surface area (Å²) in [5, 5.41) is 15.2. The van der Waals surface area contributed by atoms with E-state index in [1.807, 2.05) is 6.92 Å². The number of nitrogens with zero attached hydrogens (tertiary/aromatic N) is 2. The molecule has 1 aliphatic rings. The summed E-state index contributed by atoms with van der Waals surface area (Å²) in [6.45, 7) is 9.28. The summed E-state index contributed by atoms with van der Waals surface area (Å²) >= 11 is 0. The lowest BCUT2D eigenvalue weighted by Crippen LogP contribution is -2.29. The number of ketones is 1. The maximum absolute atomic E-state index is 13.1. The van der Waals surface area contributed by atoms with Crippen molar-refractivity contribution in [1.29, 1.82) is 0 Å². The van der Waals surface area contributed by atoms with Gasteiger partial charge >= 0.3 is 5.91 Å². The summed E-state index contributed by atoms with van der Waals surface area (Å²) in [5.74, 6) is -0.517. The molecule has 4 rings (SSSR count). The van der Waals surface area contributed by atoms with E-state index in [2.05, 4.69) is 16.7 Å². The van der Waals surface area contributed by atoms with Crippen LogP contribution in [0.5, 0.6) is 5.75 Å². The highest BCUT2D eigenvalue weighted by Crippen LogP contribution is 2.42. The average Bonchev–Trinajstić information content (AvgIpc) is 3.43. The third kappa shape index (κ3) is 3.49. The molecule has 8 heteroatoms. The van der Waals surface area contributed by atoms with E-state index < -0.39 is 17.7 Å². The normalized spacial score (nSPS) is 17.7. The van der Waals surface area contributed by atoms with Crippen LogP contribution in [0.4, 0.5) is 5.82 Å². The van der Waals surface area contributed by atoms with E-state index in [0.717, 1.165) is 5.56 Å². The number of nitrogens with one attached hydrogen (secondary N) is 1. The Labute approximate surface area is 184 Å². The molecular weight excluding hydrogens is 410 g/mol. The van der Waals surface area contributed by atoms with Gasteiger partial charge in [0.25, 0.3) is 5.78 Å². The molecule has 1 unspecified atom stereocenters. The van der Waals surface area contributed by atoms with Gasteiger partial charge < -0.3 is 19.4 Å². The topological polar surface area (TPSA) is 109 Å². The molecule has 1 amide bonds. The maximum Gasteiger partial charge on any atom is 0.301 e. The predicted octanol–water partition coefficient (Wildman–Crippen LogP) is 4.12. The van der Waals surface area contributed by atoms with Crippen LogP contribution in [0.2, 0.25) is 0 Å². The molecule has 0 saturated carbocycles. The Balaban J connectivity index is 1.90. The van der Waals surface area contributed by atoms with Crippen molar-refractivity contribution < 1.29 is 24.0 Å². The van der Waals surface area contributed by atoms with Gasteiger partial charge in [0.05, 0.1) is 11.6 Å². The number of benzene rings is 1. The Hall–Kier alpha value is -4.07. The van der Waals surface area contributed by atoms with Crippen LogP contribution in [0.3, 0.4) is 0 Å². The Bertz CT molecular complexity index is 1210. The minimum absolute atomic E-state index is 0.0128. The number of aryl methyl sites for hydroxylation is 3. The van der Waals surface area contributed by atoms with Gasteiger partial charge in [-0.2, -0.15) is 0 Å². The zero-order valence-corrected chi connectivity index (χ0v) is 18.0. The molecule has 1 aromatic carbocycles. The fourth-order valence-corrected chi connectivity index (χ4v) is 3.91. The second-order valence-electron chi connectivity index (χ2n) is 7.61. The van der Waals surface area contributed by atoms with Gasteiger partial charge in [-0.3, -0.25) is 14.5 Å². The largest absolute Gasteiger partial charge is 0.507 e. The number of H-pyrrole nitrogens is 1. The van der Waals surface area contributed by atoms with Crippen molar-refractivity contribution in [3.8, 4) is 5.75 Å². The molecule has 32 heavy (non-hydrogen) atoms. The second-order valence-corrected chi connectivity index (χ2v) is 7.61. The number of carbonyl (C=O) groups is 2. The van der Waals surface area contributed by atoms with Gasteiger partial charge in [-0.1, -0.05) is 29.9 Å². The van der Waals surface area contributed by atoms with Gasteiger partial charge in [-0.15, -0.1) is 0 Å². The number of anilines is 1. The Morgan fingerprint density at radius 1 is 1.28 bits per heavy atom. The van der Waals surface area contributed by atoms with Crippen LogP contribution in [0.1, 0.15) is 34.2 Å². The van der Waals surface area contributed by atoms with Crippen molar-refractivity contribution in [3.63, 3.8) is 0 Å². The van der Waals surface area contributed by atoms with Gasteiger partial charge in [0.15, 0.2) is 5.82 Å². The minimum Gasteiger partial charge on any atom is -0.507 e. The number of aromatic nitrogens is 2. The molecule has 1 fully saturated rings. The summed E-state index contributed by atoms with van der Waals surface area (Å²) in [7, 11) is 0. The molecule has 0 aliphatic carbocycles. The van der Waals surface area contributed by atoms with E-state index in [1.54, 1.807) is 56.5 Å². The standard InChI is InChI=1S/C24H23N3O5/c1-5-10-31-17-8-6-16(7-9-17)21-20(22(28)19-13(2)12-25-15(19)4)23(29)24(30)27(21)18-11-14(3)32-26-18/h5-9,11-12,21,25,28H,1,10H2,2-4H3/b22-20+. The number of rotatable bonds is 6. The molecule has 2 N–H and O–H groups in total. The van der Waals surface area contributed by atoms with Gasteiger partial charge in [0, 0.05) is 23.5 Å². The fraction of sp³-hybridized carbons (Fsp3) is 0.208. The zero-order valence-electron chi connectivity index (χ0n) is 18.0. The first kappa shape index (κ1) is 21.2. The number of carbonyl (C=O) groups excluding carboxylic acids is 2. The number of aromatic amines is 1. The van der Waals surface area contributed by atoms with Gasteiger partial charge in [0.2, 0.25) is 0 Å². The number of ether oxygens (including phenoxy) is 1. The molecule has 164 valence electrons. The number of aliphatic hydroxyl groups is 1. The highest BCUT2D eigenvalue weighted by molar-refractivity contribution is 6.51. The molecule has 1 saturated heterocycles. The Kier molecular flexibility index (Phi) is 5.44. The van der Waals surface area contributed by atoms with Gasteiger partial charge in [-0.25, -0.2) is 0 Å². The van der Waals surface area contributed by atoms with Crippen LogP contribution in [0.25, 0.3) is 5.76 Å². The van der Waals surface area contributed by atoms with E-state index in [-0.39, 0.29) is 17.2 Å². The summed E-state index contributed by atoms with van der Waals surface area (Å²) in [6, 6.07) is 7.66. The number of aliphatic hydroxyl groups excluding tert-OH is 1. The van der Waals surface area contributed by atoms with Crippen molar-refractivity contribution in [2.45, 2.75) is 26.8 Å². The first-order valence-electron chi connectivity index (χ1n) is 10.1. The van der Waals surface area contributed by atoms with E-state index in [4.69, 9.17) is 9.26 Å². The highest BCUT2D eigenvalue weighted by Gasteiger charge is 2.48. The molecule has 0 radical (unpaired) electrons. The van der Waals surface area contributed by atoms with Crippen LogP contribution < -0.4 is 9.64 Å². The van der Waals surface area contributed by atoms with Gasteiger partial charge in [-0.05, 0) is 44.0 Å². The van der Waals surface area contributed by atoms with Crippen molar-refractivity contribution in [3.05, 3.63) is 82.9 Å². The lowest BCUT2D eigenvalue weighted by Gasteiger charge is -2.23. The Morgan fingerprint density at radius 2 is 2.00 bits per heavy atom. The smallest absolute Gasteiger partial charge is 0.301 e. The van der Waals surface area contributed by atoms with Crippen molar-refractivity contribution in [1.82, 2.24) is 10.1 Å². The Morgan fingerprint density at radius 3 is 2.56 bits per heavy atom. The van der Waals surface area contributed by atoms with Crippen LogP contribution in [-0.4, -0.2) is 33.5 Å². The molecule has 3 aromatic rings. The second kappa shape index (κ2) is 8.22. The molecule has 1 aliphatic heterocycles. The van der Waals surface area contributed by atoms with Gasteiger partial charge in [0.1, 0.15) is 23.9 Å². The number of hydrogen-bond acceptors (Lipinski definition) is 6. The minimum atomic E-state index is -0.887. The number of Topliss-reactive ketones (excluding diaryl/α,β-unsaturated/α-hetero) is 1. The molecule has 3 heterocycles. The van der Waals surface area contributed by atoms with E-state index in [1.165, 1.54) is 4.90 Å². The van der Waals surface area contributed by atoms with Crippen LogP contribution in [0.15, 0.2) is 59.3 Å². The maximum atomic E-state index is 13.1. The molecular formula is C24H23N3O5. The quantitative estimate of drug-likeness (QED) is 0.262. The molecule has 8 nitrogen and oxygen atoms in total. The summed E-state index contributed by atoms with van der Waals surface area (Å²) < 4.78 is 10.7. The van der Waals surface area contributed by atoms with E-state index >= 15 is 0 Å². The first-order chi connectivity index (χ1) is 15.3. The zero-order chi connectivity index (χ0) is 23.0. The van der Waals surface area contributed by atoms with Crippen molar-refractivity contribution in [2.24, 2.45) is 0 Å². The molecule has 0 bridgehead atoms. The first-order valence-corrected chi connectivity index (χ1v) is 10.1. The monoisotopic (exact) mass is 433 g/mol. The SMILES string of the molecule is C=CCOc1ccc(C2/C(=C(\O)c3c(C)c[nH]c3C)C(=O)C(=O)N2c2cc(C)on2)cc1. The fourth-order valence-electron chi connectivity index (χ4n) is 3.91. The number of amides is 1. The van der Waals surface area contributed by atoms with E-state index in [9.17, 15) is 14.7 Å². The third-order valence-corrected chi connectivity index (χ3v) is 5.38. The highest BCUT2D eigenvalue weighted by atomic mass is 16.5.